The van der Waals surface area contributed by atoms with Gasteiger partial charge in [0, 0.05) is 19.1 Å². The molecule has 1 saturated heterocycles. The first-order valence-electron chi connectivity index (χ1n) is 8.27. The lowest BCUT2D eigenvalue weighted by molar-refractivity contribution is -0.126. The average Bonchev–Trinajstić information content (AvgIpc) is 2.76. The molecule has 4 heteroatoms. The molecule has 1 aliphatic heterocycles. The quantitative estimate of drug-likeness (QED) is 0.807. The number of hydrogen-bond donors (Lipinski definition) is 2. The molecular weight excluding hydrogens is 250 g/mol. The lowest BCUT2D eigenvalue weighted by Gasteiger charge is -2.42. The van der Waals surface area contributed by atoms with Crippen LogP contribution in [0.1, 0.15) is 52.9 Å². The summed E-state index contributed by atoms with van der Waals surface area (Å²) in [5.41, 5.74) is 5.27. The van der Waals surface area contributed by atoms with Gasteiger partial charge in [0.1, 0.15) is 0 Å². The number of primary amides is 1. The van der Waals surface area contributed by atoms with Gasteiger partial charge in [-0.15, -0.1) is 0 Å². The first kappa shape index (κ1) is 15.8. The average molecular weight is 281 g/mol. The minimum atomic E-state index is -0.464. The molecule has 0 aromatic carbocycles. The molecule has 2 aliphatic rings. The zero-order chi connectivity index (χ0) is 14.8. The highest BCUT2D eigenvalue weighted by Crippen LogP contribution is 2.35. The van der Waals surface area contributed by atoms with Crippen LogP contribution in [0.4, 0.5) is 0 Å². The van der Waals surface area contributed by atoms with Crippen molar-refractivity contribution in [3.05, 3.63) is 0 Å². The van der Waals surface area contributed by atoms with Crippen LogP contribution in [0, 0.1) is 11.8 Å². The number of rotatable bonds is 5. The van der Waals surface area contributed by atoms with E-state index in [4.69, 9.17) is 5.73 Å². The number of amides is 1. The molecule has 2 rings (SSSR count). The molecule has 1 aliphatic carbocycles. The molecule has 4 unspecified atom stereocenters. The van der Waals surface area contributed by atoms with Gasteiger partial charge in [0.05, 0.1) is 5.54 Å². The van der Waals surface area contributed by atoms with Gasteiger partial charge in [0.25, 0.3) is 0 Å². The van der Waals surface area contributed by atoms with E-state index in [0.717, 1.165) is 44.1 Å². The summed E-state index contributed by atoms with van der Waals surface area (Å²) in [6.45, 7) is 10.0. The first-order valence-corrected chi connectivity index (χ1v) is 8.27. The summed E-state index contributed by atoms with van der Waals surface area (Å²) in [5, 5.41) is 3.46. The summed E-state index contributed by atoms with van der Waals surface area (Å²) < 4.78 is 0. The van der Waals surface area contributed by atoms with Crippen molar-refractivity contribution in [3.8, 4) is 0 Å². The second kappa shape index (κ2) is 6.44. The van der Waals surface area contributed by atoms with E-state index in [9.17, 15) is 4.79 Å². The molecule has 2 fully saturated rings. The maximum atomic E-state index is 12.0. The number of carbonyl (C=O) groups is 1. The van der Waals surface area contributed by atoms with E-state index in [1.807, 2.05) is 0 Å². The van der Waals surface area contributed by atoms with Crippen molar-refractivity contribution in [2.24, 2.45) is 17.6 Å². The van der Waals surface area contributed by atoms with Crippen molar-refractivity contribution in [1.82, 2.24) is 10.2 Å². The van der Waals surface area contributed by atoms with Gasteiger partial charge in [-0.25, -0.2) is 0 Å². The lowest BCUT2D eigenvalue weighted by atomic mass is 9.77. The molecule has 20 heavy (non-hydrogen) atoms. The molecule has 4 atom stereocenters. The van der Waals surface area contributed by atoms with Gasteiger partial charge in [0.2, 0.25) is 5.91 Å². The van der Waals surface area contributed by atoms with Crippen molar-refractivity contribution in [2.45, 2.75) is 64.5 Å². The fourth-order valence-corrected chi connectivity index (χ4v) is 3.87. The predicted molar refractivity (Wildman–Crippen MR) is 82.4 cm³/mol. The third-order valence-electron chi connectivity index (χ3n) is 5.44. The Balaban J connectivity index is 2.04. The van der Waals surface area contributed by atoms with Crippen LogP contribution in [0.3, 0.4) is 0 Å². The predicted octanol–water partition coefficient (Wildman–Crippen LogP) is 1.74. The summed E-state index contributed by atoms with van der Waals surface area (Å²) in [6.07, 6.45) is 5.14. The van der Waals surface area contributed by atoms with E-state index in [-0.39, 0.29) is 5.91 Å². The van der Waals surface area contributed by atoms with E-state index in [1.54, 1.807) is 0 Å². The highest BCUT2D eigenvalue weighted by molar-refractivity contribution is 5.84. The Bertz CT molecular complexity index is 337. The van der Waals surface area contributed by atoms with Crippen LogP contribution in [0.5, 0.6) is 0 Å². The number of nitrogens with zero attached hydrogens (tertiary/aromatic N) is 1. The van der Waals surface area contributed by atoms with Crippen LogP contribution < -0.4 is 11.1 Å². The lowest BCUT2D eigenvalue weighted by Crippen LogP contribution is -2.60. The van der Waals surface area contributed by atoms with Crippen LogP contribution in [0.15, 0.2) is 0 Å². The van der Waals surface area contributed by atoms with E-state index in [1.165, 1.54) is 19.5 Å². The number of hydrogen-bond acceptors (Lipinski definition) is 3. The largest absolute Gasteiger partial charge is 0.368 e. The molecule has 0 spiro atoms. The Kier molecular flexibility index (Phi) is 5.08. The number of nitrogens with one attached hydrogen (secondary N) is 1. The summed E-state index contributed by atoms with van der Waals surface area (Å²) in [5.74, 6) is 1.38. The van der Waals surface area contributed by atoms with Crippen LogP contribution in [0.2, 0.25) is 0 Å². The molecule has 3 N–H and O–H groups in total. The summed E-state index contributed by atoms with van der Waals surface area (Å²) in [6, 6.07) is 0.521. The van der Waals surface area contributed by atoms with Gasteiger partial charge < -0.3 is 11.1 Å². The van der Waals surface area contributed by atoms with Gasteiger partial charge in [-0.3, -0.25) is 9.69 Å². The topological polar surface area (TPSA) is 58.4 Å². The molecule has 4 nitrogen and oxygen atoms in total. The van der Waals surface area contributed by atoms with E-state index in [2.05, 4.69) is 31.0 Å². The maximum absolute atomic E-state index is 12.0. The van der Waals surface area contributed by atoms with Gasteiger partial charge >= 0.3 is 0 Å². The second-order valence-electron chi connectivity index (χ2n) is 7.03. The number of nitrogens with two attached hydrogens (primary N) is 1. The van der Waals surface area contributed by atoms with Gasteiger partial charge in [-0.1, -0.05) is 20.8 Å². The fourth-order valence-electron chi connectivity index (χ4n) is 3.87. The molecule has 0 aromatic heterocycles. The summed E-state index contributed by atoms with van der Waals surface area (Å²) in [7, 11) is 0. The van der Waals surface area contributed by atoms with Crippen molar-refractivity contribution in [1.29, 1.82) is 0 Å². The molecule has 1 amide bonds. The Labute approximate surface area is 123 Å². The third kappa shape index (κ3) is 3.17. The molecule has 116 valence electrons. The zero-order valence-corrected chi connectivity index (χ0v) is 13.3. The smallest absolute Gasteiger partial charge is 0.237 e. The number of likely N-dealkylation sites (tertiary alicyclic amines) is 1. The molecule has 1 heterocycles. The van der Waals surface area contributed by atoms with E-state index >= 15 is 0 Å². The van der Waals surface area contributed by atoms with Crippen LogP contribution in [0.25, 0.3) is 0 Å². The van der Waals surface area contributed by atoms with Crippen molar-refractivity contribution >= 4 is 5.91 Å². The normalized spacial score (nSPS) is 39.0. The first-order chi connectivity index (χ1) is 9.48. The SMILES string of the molecule is CCCNC1(C(N)=O)CCCC(N2CC(C)C(C)C2)C1. The zero-order valence-electron chi connectivity index (χ0n) is 13.3. The van der Waals surface area contributed by atoms with E-state index in [0.29, 0.717) is 6.04 Å². The minimum absolute atomic E-state index is 0.157. The Morgan fingerprint density at radius 1 is 1.35 bits per heavy atom. The van der Waals surface area contributed by atoms with Crippen LogP contribution >= 0.6 is 0 Å². The highest BCUT2D eigenvalue weighted by Gasteiger charge is 2.43. The molecule has 0 radical (unpaired) electrons. The van der Waals surface area contributed by atoms with Gasteiger partial charge in [0.15, 0.2) is 0 Å². The Morgan fingerprint density at radius 2 is 2.00 bits per heavy atom. The van der Waals surface area contributed by atoms with Gasteiger partial charge in [-0.2, -0.15) is 0 Å². The Morgan fingerprint density at radius 3 is 2.55 bits per heavy atom. The standard InChI is InChI=1S/C16H31N3O/c1-4-8-18-16(15(17)20)7-5-6-14(9-16)19-10-12(2)13(3)11-19/h12-14,18H,4-11H2,1-3H3,(H2,17,20). The van der Waals surface area contributed by atoms with Crippen molar-refractivity contribution in [2.75, 3.05) is 19.6 Å². The van der Waals surface area contributed by atoms with Crippen LogP contribution in [-0.2, 0) is 4.79 Å². The number of carbonyl (C=O) groups excluding carboxylic acids is 1. The van der Waals surface area contributed by atoms with Crippen LogP contribution in [-0.4, -0.2) is 42.0 Å². The second-order valence-corrected chi connectivity index (χ2v) is 7.03. The summed E-state index contributed by atoms with van der Waals surface area (Å²) >= 11 is 0. The van der Waals surface area contributed by atoms with Crippen molar-refractivity contribution < 1.29 is 4.79 Å². The molecule has 0 aromatic rings. The molecular formula is C16H31N3O. The molecule has 1 saturated carbocycles. The van der Waals surface area contributed by atoms with Crippen molar-refractivity contribution in [3.63, 3.8) is 0 Å². The minimum Gasteiger partial charge on any atom is -0.368 e. The molecule has 0 bridgehead atoms. The monoisotopic (exact) mass is 281 g/mol. The third-order valence-corrected chi connectivity index (χ3v) is 5.44. The highest BCUT2D eigenvalue weighted by atomic mass is 16.1. The maximum Gasteiger partial charge on any atom is 0.237 e. The van der Waals surface area contributed by atoms with E-state index < -0.39 is 5.54 Å². The Hall–Kier alpha value is -0.610. The van der Waals surface area contributed by atoms with Gasteiger partial charge in [-0.05, 0) is 50.5 Å². The summed E-state index contributed by atoms with van der Waals surface area (Å²) in [4.78, 5) is 14.6. The fraction of sp³-hybridized carbons (Fsp3) is 0.938.